The van der Waals surface area contributed by atoms with Crippen LogP contribution in [0.2, 0.25) is 0 Å². The molecule has 0 saturated heterocycles. The van der Waals surface area contributed by atoms with Crippen molar-refractivity contribution < 1.29 is 4.79 Å². The van der Waals surface area contributed by atoms with Gasteiger partial charge in [0.15, 0.2) is 0 Å². The first-order chi connectivity index (χ1) is 9.20. The van der Waals surface area contributed by atoms with E-state index in [0.29, 0.717) is 15.9 Å². The van der Waals surface area contributed by atoms with Crippen molar-refractivity contribution in [2.75, 3.05) is 5.33 Å². The zero-order chi connectivity index (χ0) is 13.7. The Bertz CT molecular complexity index is 544. The number of carbonyl (C=O) groups excluding carboxylic acids is 1. The van der Waals surface area contributed by atoms with E-state index in [9.17, 15) is 4.79 Å². The van der Waals surface area contributed by atoms with Crippen molar-refractivity contribution in [3.05, 3.63) is 46.5 Å². The molecule has 0 radical (unpaired) electrons. The normalized spacial score (nSPS) is 12.1. The Labute approximate surface area is 124 Å². The number of aryl methyl sites for hydroxylation is 1. The first-order valence-electron chi connectivity index (χ1n) is 5.90. The van der Waals surface area contributed by atoms with Crippen molar-refractivity contribution in [3.8, 4) is 0 Å². The maximum absolute atomic E-state index is 12.1. The fourth-order valence-corrected chi connectivity index (χ4v) is 2.68. The smallest absolute Gasteiger partial charge is 0.265 e. The minimum atomic E-state index is -0.104. The SMILES string of the molecule is Cc1nnsc1C(=O)NC(CBr)Cc1ccccc1. The summed E-state index contributed by atoms with van der Waals surface area (Å²) in [4.78, 5) is 12.7. The molecule has 0 aliphatic rings. The Morgan fingerprint density at radius 1 is 1.42 bits per heavy atom. The number of aromatic nitrogens is 2. The standard InChI is InChI=1S/C13H14BrN3OS/c1-9-12(19-17-16-9)13(18)15-11(8-14)7-10-5-3-2-4-6-10/h2-6,11H,7-8H2,1H3,(H,15,18). The number of carbonyl (C=O) groups is 1. The van der Waals surface area contributed by atoms with Crippen molar-refractivity contribution in [3.63, 3.8) is 0 Å². The minimum Gasteiger partial charge on any atom is -0.347 e. The van der Waals surface area contributed by atoms with Crippen LogP contribution in [-0.4, -0.2) is 26.9 Å². The van der Waals surface area contributed by atoms with Crippen molar-refractivity contribution in [2.45, 2.75) is 19.4 Å². The number of alkyl halides is 1. The number of amides is 1. The third kappa shape index (κ3) is 3.84. The Balaban J connectivity index is 2.00. The minimum absolute atomic E-state index is 0.0522. The lowest BCUT2D eigenvalue weighted by atomic mass is 10.1. The monoisotopic (exact) mass is 339 g/mol. The summed E-state index contributed by atoms with van der Waals surface area (Å²) in [5.74, 6) is -0.104. The highest BCUT2D eigenvalue weighted by molar-refractivity contribution is 9.09. The summed E-state index contributed by atoms with van der Waals surface area (Å²) >= 11 is 4.57. The molecule has 2 rings (SSSR count). The molecule has 1 unspecified atom stereocenters. The average molecular weight is 340 g/mol. The number of hydrogen-bond acceptors (Lipinski definition) is 4. The predicted molar refractivity (Wildman–Crippen MR) is 79.8 cm³/mol. The fraction of sp³-hybridized carbons (Fsp3) is 0.308. The molecule has 1 atom stereocenters. The van der Waals surface area contributed by atoms with Crippen LogP contribution in [0.25, 0.3) is 0 Å². The van der Waals surface area contributed by atoms with Gasteiger partial charge >= 0.3 is 0 Å². The van der Waals surface area contributed by atoms with E-state index in [-0.39, 0.29) is 11.9 Å². The molecule has 1 amide bonds. The van der Waals surface area contributed by atoms with E-state index in [1.54, 1.807) is 6.92 Å². The Hall–Kier alpha value is -1.27. The van der Waals surface area contributed by atoms with E-state index in [1.165, 1.54) is 5.56 Å². The molecule has 0 spiro atoms. The van der Waals surface area contributed by atoms with Crippen LogP contribution in [0.5, 0.6) is 0 Å². The second-order valence-corrected chi connectivity index (χ2v) is 5.60. The summed E-state index contributed by atoms with van der Waals surface area (Å²) in [6, 6.07) is 10.1. The van der Waals surface area contributed by atoms with Crippen LogP contribution in [0.15, 0.2) is 30.3 Å². The summed E-state index contributed by atoms with van der Waals surface area (Å²) in [5.41, 5.74) is 1.88. The Kier molecular flexibility index (Phi) is 5.04. The molecule has 100 valence electrons. The molecular formula is C13H14BrN3OS. The third-order valence-electron chi connectivity index (χ3n) is 2.70. The Morgan fingerprint density at radius 2 is 2.16 bits per heavy atom. The zero-order valence-corrected chi connectivity index (χ0v) is 12.9. The molecule has 1 aromatic heterocycles. The van der Waals surface area contributed by atoms with Crippen LogP contribution in [-0.2, 0) is 6.42 Å². The van der Waals surface area contributed by atoms with Crippen LogP contribution >= 0.6 is 27.5 Å². The molecule has 0 aliphatic heterocycles. The van der Waals surface area contributed by atoms with Gasteiger partial charge in [-0.2, -0.15) is 0 Å². The molecule has 0 aliphatic carbocycles. The molecule has 19 heavy (non-hydrogen) atoms. The van der Waals surface area contributed by atoms with E-state index >= 15 is 0 Å². The molecule has 1 aromatic carbocycles. The van der Waals surface area contributed by atoms with Gasteiger partial charge in [-0.25, -0.2) is 0 Å². The summed E-state index contributed by atoms with van der Waals surface area (Å²) in [6.07, 6.45) is 0.795. The first-order valence-corrected chi connectivity index (χ1v) is 7.80. The molecule has 6 heteroatoms. The van der Waals surface area contributed by atoms with E-state index < -0.39 is 0 Å². The van der Waals surface area contributed by atoms with Gasteiger partial charge in [0.25, 0.3) is 5.91 Å². The number of nitrogens with one attached hydrogen (secondary N) is 1. The molecule has 2 aromatic rings. The summed E-state index contributed by atoms with van der Waals surface area (Å²) in [6.45, 7) is 1.79. The number of hydrogen-bond donors (Lipinski definition) is 1. The van der Waals surface area contributed by atoms with Gasteiger partial charge in [0.05, 0.1) is 5.69 Å². The number of rotatable bonds is 5. The lowest BCUT2D eigenvalue weighted by Crippen LogP contribution is -2.37. The van der Waals surface area contributed by atoms with Gasteiger partial charge in [-0.05, 0) is 30.4 Å². The number of nitrogens with zero attached hydrogens (tertiary/aromatic N) is 2. The highest BCUT2D eigenvalue weighted by atomic mass is 79.9. The van der Waals surface area contributed by atoms with Gasteiger partial charge in [-0.3, -0.25) is 4.79 Å². The van der Waals surface area contributed by atoms with Gasteiger partial charge in [0.1, 0.15) is 4.88 Å². The van der Waals surface area contributed by atoms with Gasteiger partial charge in [0.2, 0.25) is 0 Å². The topological polar surface area (TPSA) is 54.9 Å². The molecule has 0 fully saturated rings. The van der Waals surface area contributed by atoms with Crippen LogP contribution in [0.3, 0.4) is 0 Å². The van der Waals surface area contributed by atoms with E-state index in [2.05, 4.69) is 43.0 Å². The maximum Gasteiger partial charge on any atom is 0.265 e. The second kappa shape index (κ2) is 6.77. The van der Waals surface area contributed by atoms with Gasteiger partial charge in [0, 0.05) is 11.4 Å². The average Bonchev–Trinajstić information content (AvgIpc) is 2.85. The van der Waals surface area contributed by atoms with E-state index in [0.717, 1.165) is 18.0 Å². The molecule has 0 saturated carbocycles. The van der Waals surface area contributed by atoms with Crippen molar-refractivity contribution >= 4 is 33.4 Å². The van der Waals surface area contributed by atoms with Crippen LogP contribution in [0.4, 0.5) is 0 Å². The molecule has 0 bridgehead atoms. The van der Waals surface area contributed by atoms with Gasteiger partial charge < -0.3 is 5.32 Å². The summed E-state index contributed by atoms with van der Waals surface area (Å²) in [5, 5.41) is 7.56. The third-order valence-corrected chi connectivity index (χ3v) is 4.31. The lowest BCUT2D eigenvalue weighted by Gasteiger charge is -2.15. The van der Waals surface area contributed by atoms with Gasteiger partial charge in [-0.1, -0.05) is 50.8 Å². The first kappa shape index (κ1) is 14.1. The summed E-state index contributed by atoms with van der Waals surface area (Å²) in [7, 11) is 0. The largest absolute Gasteiger partial charge is 0.347 e. The molecule has 4 nitrogen and oxygen atoms in total. The van der Waals surface area contributed by atoms with Crippen molar-refractivity contribution in [2.24, 2.45) is 0 Å². The molecular weight excluding hydrogens is 326 g/mol. The number of benzene rings is 1. The van der Waals surface area contributed by atoms with Crippen LogP contribution in [0, 0.1) is 6.92 Å². The van der Waals surface area contributed by atoms with Gasteiger partial charge in [-0.15, -0.1) is 5.10 Å². The molecule has 1 N–H and O–H groups in total. The second-order valence-electron chi connectivity index (χ2n) is 4.20. The van der Waals surface area contributed by atoms with Crippen molar-refractivity contribution in [1.82, 2.24) is 14.9 Å². The fourth-order valence-electron chi connectivity index (χ4n) is 1.73. The van der Waals surface area contributed by atoms with Crippen LogP contribution in [0.1, 0.15) is 20.9 Å². The highest BCUT2D eigenvalue weighted by Crippen LogP contribution is 2.11. The molecule has 1 heterocycles. The highest BCUT2D eigenvalue weighted by Gasteiger charge is 2.17. The quantitative estimate of drug-likeness (QED) is 0.852. The summed E-state index contributed by atoms with van der Waals surface area (Å²) < 4.78 is 3.78. The number of halogens is 1. The lowest BCUT2D eigenvalue weighted by molar-refractivity contribution is 0.0944. The van der Waals surface area contributed by atoms with Crippen molar-refractivity contribution in [1.29, 1.82) is 0 Å². The van der Waals surface area contributed by atoms with E-state index in [4.69, 9.17) is 0 Å². The predicted octanol–water partition coefficient (Wildman–Crippen LogP) is 2.58. The maximum atomic E-state index is 12.1. The Morgan fingerprint density at radius 3 is 2.74 bits per heavy atom. The zero-order valence-electron chi connectivity index (χ0n) is 10.5. The van der Waals surface area contributed by atoms with E-state index in [1.807, 2.05) is 18.2 Å². The van der Waals surface area contributed by atoms with Crippen LogP contribution < -0.4 is 5.32 Å².